The molecule has 0 N–H and O–H groups in total. The fourth-order valence-corrected chi connectivity index (χ4v) is 7.82. The predicted octanol–water partition coefficient (Wildman–Crippen LogP) is 10.7. The maximum Gasteiger partial charge on any atom is 0.141 e. The molecule has 1 aliphatic rings. The highest BCUT2D eigenvalue weighted by Gasteiger charge is 2.31. The van der Waals surface area contributed by atoms with Gasteiger partial charge in [-0.3, -0.25) is 4.57 Å². The van der Waals surface area contributed by atoms with Crippen LogP contribution >= 0.6 is 0 Å². The molecule has 3 aromatic heterocycles. The summed E-state index contributed by atoms with van der Waals surface area (Å²) in [4.78, 5) is 4.73. The van der Waals surface area contributed by atoms with Crippen LogP contribution in [-0.2, 0) is 19.3 Å². The molecule has 0 saturated carbocycles. The van der Waals surface area contributed by atoms with Gasteiger partial charge in [0.05, 0.1) is 29.5 Å². The third-order valence-corrected chi connectivity index (χ3v) is 10.0. The molecule has 246 valence electrons. The number of nitrogens with zero attached hydrogens (tertiary/aromatic N) is 4. The highest BCUT2D eigenvalue weighted by Crippen LogP contribution is 2.43. The Labute approximate surface area is 284 Å². The van der Waals surface area contributed by atoms with Crippen LogP contribution in [0.25, 0.3) is 33.3 Å². The lowest BCUT2D eigenvalue weighted by molar-refractivity contribution is 0.414. The van der Waals surface area contributed by atoms with Gasteiger partial charge in [-0.1, -0.05) is 64.0 Å². The monoisotopic (exact) mass is 638 g/mol. The van der Waals surface area contributed by atoms with E-state index in [1.165, 1.54) is 46.3 Å². The zero-order valence-electron chi connectivity index (χ0n) is 29.1. The van der Waals surface area contributed by atoms with E-state index in [-0.39, 0.29) is 0 Å². The minimum atomic E-state index is 0.421. The molecule has 3 heterocycles. The van der Waals surface area contributed by atoms with Crippen LogP contribution in [0.2, 0.25) is 0 Å². The van der Waals surface area contributed by atoms with Gasteiger partial charge in [-0.05, 0) is 86.9 Å². The van der Waals surface area contributed by atoms with E-state index in [1.807, 2.05) is 12.1 Å². The molecule has 7 rings (SSSR count). The number of hydrogen-bond donors (Lipinski definition) is 0. The highest BCUT2D eigenvalue weighted by molar-refractivity contribution is 6.09. The molecule has 6 heteroatoms. The van der Waals surface area contributed by atoms with Gasteiger partial charge in [0.15, 0.2) is 0 Å². The summed E-state index contributed by atoms with van der Waals surface area (Å²) in [5.41, 5.74) is 9.88. The van der Waals surface area contributed by atoms with Crippen LogP contribution in [0.15, 0.2) is 90.6 Å². The van der Waals surface area contributed by atoms with Gasteiger partial charge in [-0.2, -0.15) is 5.10 Å². The molecule has 1 aliphatic carbocycles. The molecule has 0 bridgehead atoms. The summed E-state index contributed by atoms with van der Waals surface area (Å²) < 4.78 is 16.7. The summed E-state index contributed by atoms with van der Waals surface area (Å²) in [5.74, 6) is 4.18. The van der Waals surface area contributed by atoms with Crippen LogP contribution in [0.5, 0.6) is 17.2 Å². The average molecular weight is 639 g/mol. The van der Waals surface area contributed by atoms with Gasteiger partial charge < -0.3 is 9.47 Å². The molecule has 6 nitrogen and oxygen atoms in total. The Morgan fingerprint density at radius 3 is 2.46 bits per heavy atom. The Morgan fingerprint density at radius 1 is 0.854 bits per heavy atom. The van der Waals surface area contributed by atoms with Crippen LogP contribution in [-0.4, -0.2) is 26.4 Å². The van der Waals surface area contributed by atoms with Crippen LogP contribution in [0.4, 0.5) is 0 Å². The quantitative estimate of drug-likeness (QED) is 0.140. The summed E-state index contributed by atoms with van der Waals surface area (Å²) in [6.07, 6.45) is 10.5. The van der Waals surface area contributed by atoms with Crippen LogP contribution in [0.1, 0.15) is 82.3 Å². The molecule has 48 heavy (non-hydrogen) atoms. The number of aromatic nitrogens is 4. The Bertz CT molecular complexity index is 2140. The topological polar surface area (TPSA) is 54.1 Å². The molecule has 0 aliphatic heterocycles. The van der Waals surface area contributed by atoms with E-state index in [1.54, 1.807) is 13.3 Å². The maximum atomic E-state index is 6.75. The number of allylic oxidation sites excluding steroid dienone is 2. The van der Waals surface area contributed by atoms with Crippen LogP contribution < -0.4 is 9.47 Å². The molecule has 3 aromatic carbocycles. The largest absolute Gasteiger partial charge is 0.497 e. The first-order chi connectivity index (χ1) is 23.4. The lowest BCUT2D eigenvalue weighted by Gasteiger charge is -2.30. The number of aryl methyl sites for hydroxylation is 2. The summed E-state index contributed by atoms with van der Waals surface area (Å²) in [6.45, 7) is 11.4. The molecule has 0 spiro atoms. The SMILES string of the molecule is CCCc1cc(Oc2ccc3c4ccccc4n(-c4cc(OC)ccn4)c3c2)cc(-n2nc(CC)c(C3C(C)=CCC[C@@H]3C)c2CC)c1. The van der Waals surface area contributed by atoms with Crippen LogP contribution in [0.3, 0.4) is 0 Å². The van der Waals surface area contributed by atoms with Gasteiger partial charge in [0.1, 0.15) is 23.1 Å². The summed E-state index contributed by atoms with van der Waals surface area (Å²) >= 11 is 0. The molecule has 2 atom stereocenters. The Kier molecular flexibility index (Phi) is 8.83. The molecular weight excluding hydrogens is 592 g/mol. The van der Waals surface area contributed by atoms with Gasteiger partial charge in [0, 0.05) is 52.3 Å². The fraction of sp³-hybridized carbons (Fsp3) is 0.333. The minimum Gasteiger partial charge on any atom is -0.497 e. The van der Waals surface area contributed by atoms with Crippen molar-refractivity contribution in [3.63, 3.8) is 0 Å². The number of pyridine rings is 1. The van der Waals surface area contributed by atoms with Crippen molar-refractivity contribution in [1.82, 2.24) is 19.3 Å². The third kappa shape index (κ3) is 5.67. The van der Waals surface area contributed by atoms with E-state index in [2.05, 4.69) is 111 Å². The molecule has 0 radical (unpaired) electrons. The third-order valence-electron chi connectivity index (χ3n) is 10.0. The second-order valence-electron chi connectivity index (χ2n) is 13.2. The van der Waals surface area contributed by atoms with E-state index in [0.29, 0.717) is 11.8 Å². The molecule has 0 amide bonds. The number of fused-ring (bicyclic) bond motifs is 3. The first-order valence-corrected chi connectivity index (χ1v) is 17.6. The molecule has 0 saturated heterocycles. The Morgan fingerprint density at radius 2 is 1.69 bits per heavy atom. The van der Waals surface area contributed by atoms with Crippen molar-refractivity contribution in [3.05, 3.63) is 113 Å². The van der Waals surface area contributed by atoms with E-state index in [9.17, 15) is 0 Å². The van der Waals surface area contributed by atoms with Crippen molar-refractivity contribution < 1.29 is 9.47 Å². The second-order valence-corrected chi connectivity index (χ2v) is 13.2. The predicted molar refractivity (Wildman–Crippen MR) is 196 cm³/mol. The molecule has 6 aromatic rings. The van der Waals surface area contributed by atoms with Crippen molar-refractivity contribution in [2.45, 2.75) is 79.1 Å². The number of ether oxygens (including phenoxy) is 2. The van der Waals surface area contributed by atoms with E-state index in [0.717, 1.165) is 70.9 Å². The van der Waals surface area contributed by atoms with Gasteiger partial charge in [-0.15, -0.1) is 0 Å². The molecule has 1 unspecified atom stereocenters. The number of methoxy groups -OCH3 is 1. The Balaban J connectivity index is 1.34. The maximum absolute atomic E-state index is 6.75. The highest BCUT2D eigenvalue weighted by atomic mass is 16.5. The van der Waals surface area contributed by atoms with Crippen molar-refractivity contribution in [2.24, 2.45) is 5.92 Å². The van der Waals surface area contributed by atoms with Crippen LogP contribution in [0, 0.1) is 5.92 Å². The smallest absolute Gasteiger partial charge is 0.141 e. The fourth-order valence-electron chi connectivity index (χ4n) is 7.82. The lowest BCUT2D eigenvalue weighted by atomic mass is 9.74. The standard InChI is InChI=1S/C42H46N4O2/c1-7-13-29-22-30(46-37(9-3)42(36(8-2)44-46)41-27(4)14-12-15-28(41)5)24-33(23-29)48-32-18-19-35-34-16-10-11-17-38(34)45(39(35)25-32)40-26-31(47-6)20-21-43-40/h10-11,14,16-26,28,41H,7-9,12-13,15H2,1-6H3/t28-,41?/m0/s1. The Hall–Kier alpha value is -4.84. The van der Waals surface area contributed by atoms with Crippen molar-refractivity contribution in [3.8, 4) is 28.8 Å². The van der Waals surface area contributed by atoms with Gasteiger partial charge in [-0.25, -0.2) is 9.67 Å². The summed E-state index contributed by atoms with van der Waals surface area (Å²) in [5, 5.41) is 7.62. The molecule has 0 fully saturated rings. The number of hydrogen-bond acceptors (Lipinski definition) is 4. The zero-order valence-corrected chi connectivity index (χ0v) is 29.1. The normalized spacial score (nSPS) is 16.4. The van der Waals surface area contributed by atoms with Crippen molar-refractivity contribution in [1.29, 1.82) is 0 Å². The lowest BCUT2D eigenvalue weighted by Crippen LogP contribution is -2.17. The van der Waals surface area contributed by atoms with E-state index in [4.69, 9.17) is 19.6 Å². The van der Waals surface area contributed by atoms with Gasteiger partial charge >= 0.3 is 0 Å². The molecular formula is C42H46N4O2. The summed E-state index contributed by atoms with van der Waals surface area (Å²) in [7, 11) is 1.68. The number of para-hydroxylation sites is 1. The van der Waals surface area contributed by atoms with E-state index < -0.39 is 0 Å². The summed E-state index contributed by atoms with van der Waals surface area (Å²) in [6, 6.07) is 25.3. The first kappa shape index (κ1) is 31.7. The van der Waals surface area contributed by atoms with Crippen molar-refractivity contribution in [2.75, 3.05) is 7.11 Å². The van der Waals surface area contributed by atoms with Gasteiger partial charge in [0.25, 0.3) is 0 Å². The number of benzene rings is 3. The second kappa shape index (κ2) is 13.3. The zero-order chi connectivity index (χ0) is 33.4. The first-order valence-electron chi connectivity index (χ1n) is 17.6. The number of rotatable bonds is 10. The van der Waals surface area contributed by atoms with E-state index >= 15 is 0 Å². The van der Waals surface area contributed by atoms with Crippen molar-refractivity contribution >= 4 is 21.8 Å². The average Bonchev–Trinajstić information content (AvgIpc) is 3.63. The van der Waals surface area contributed by atoms with Gasteiger partial charge in [0.2, 0.25) is 0 Å². The minimum absolute atomic E-state index is 0.421.